The number of sulfonamides is 1. The molecule has 1 saturated carbocycles. The van der Waals surface area contributed by atoms with Gasteiger partial charge in [0.25, 0.3) is 0 Å². The first kappa shape index (κ1) is 14.3. The van der Waals surface area contributed by atoms with Gasteiger partial charge in [-0.25, -0.2) is 12.8 Å². The molecular weight excluding hydrogens is 267 g/mol. The quantitative estimate of drug-likeness (QED) is 0.864. The highest BCUT2D eigenvalue weighted by Crippen LogP contribution is 2.29. The minimum absolute atomic E-state index is 0.0204. The molecule has 1 aromatic carbocycles. The lowest BCUT2D eigenvalue weighted by Crippen LogP contribution is -2.38. The summed E-state index contributed by atoms with van der Waals surface area (Å²) in [4.78, 5) is -0.0204. The number of hydrogen-bond donors (Lipinski definition) is 1. The van der Waals surface area contributed by atoms with Gasteiger partial charge < -0.3 is 5.73 Å². The summed E-state index contributed by atoms with van der Waals surface area (Å²) in [5, 5.41) is 0. The molecule has 0 aromatic heterocycles. The van der Waals surface area contributed by atoms with Crippen LogP contribution in [0.1, 0.15) is 32.6 Å². The van der Waals surface area contributed by atoms with Crippen LogP contribution in [0.5, 0.6) is 0 Å². The zero-order valence-corrected chi connectivity index (χ0v) is 11.8. The summed E-state index contributed by atoms with van der Waals surface area (Å²) >= 11 is 0. The Kier molecular flexibility index (Phi) is 4.10. The van der Waals surface area contributed by atoms with Crippen molar-refractivity contribution < 1.29 is 12.8 Å². The maximum atomic E-state index is 13.4. The number of halogens is 1. The Labute approximate surface area is 113 Å². The molecule has 6 heteroatoms. The molecule has 0 aliphatic heterocycles. The maximum Gasteiger partial charge on any atom is 0.243 e. The van der Waals surface area contributed by atoms with Crippen molar-refractivity contribution in [2.45, 2.75) is 43.5 Å². The molecule has 2 N–H and O–H groups in total. The van der Waals surface area contributed by atoms with Crippen LogP contribution in [0.25, 0.3) is 0 Å². The summed E-state index contributed by atoms with van der Waals surface area (Å²) in [6.07, 6.45) is 3.86. The lowest BCUT2D eigenvalue weighted by Gasteiger charge is -2.26. The van der Waals surface area contributed by atoms with Crippen LogP contribution in [0.4, 0.5) is 10.1 Å². The molecule has 0 saturated heterocycles. The summed E-state index contributed by atoms with van der Waals surface area (Å²) in [6.45, 7) is 2.21. The van der Waals surface area contributed by atoms with Crippen LogP contribution in [0.15, 0.2) is 23.1 Å². The van der Waals surface area contributed by atoms with E-state index in [1.54, 1.807) is 0 Å². The summed E-state index contributed by atoms with van der Waals surface area (Å²) in [5.41, 5.74) is 5.34. The lowest BCUT2D eigenvalue weighted by atomic mass is 10.2. The highest BCUT2D eigenvalue weighted by molar-refractivity contribution is 7.89. The topological polar surface area (TPSA) is 63.4 Å². The third-order valence-corrected chi connectivity index (χ3v) is 5.65. The largest absolute Gasteiger partial charge is 0.396 e. The molecule has 0 atom stereocenters. The summed E-state index contributed by atoms with van der Waals surface area (Å²) in [6, 6.07) is 3.70. The van der Waals surface area contributed by atoms with Crippen LogP contribution < -0.4 is 5.73 Å². The van der Waals surface area contributed by atoms with E-state index in [2.05, 4.69) is 0 Å². The van der Waals surface area contributed by atoms with Crippen molar-refractivity contribution in [2.24, 2.45) is 0 Å². The van der Waals surface area contributed by atoms with Gasteiger partial charge in [-0.2, -0.15) is 4.31 Å². The zero-order valence-electron chi connectivity index (χ0n) is 11.0. The number of rotatable bonds is 4. The Morgan fingerprint density at radius 3 is 2.53 bits per heavy atom. The molecule has 0 heterocycles. The second kappa shape index (κ2) is 5.46. The molecule has 0 radical (unpaired) electrons. The second-order valence-corrected chi connectivity index (χ2v) is 6.72. The van der Waals surface area contributed by atoms with Crippen LogP contribution >= 0.6 is 0 Å². The van der Waals surface area contributed by atoms with E-state index in [-0.39, 0.29) is 16.6 Å². The first-order valence-electron chi connectivity index (χ1n) is 6.53. The number of anilines is 1. The van der Waals surface area contributed by atoms with Crippen molar-refractivity contribution in [2.75, 3.05) is 12.3 Å². The van der Waals surface area contributed by atoms with Gasteiger partial charge in [0.15, 0.2) is 0 Å². The van der Waals surface area contributed by atoms with Gasteiger partial charge in [-0.05, 0) is 31.0 Å². The van der Waals surface area contributed by atoms with Crippen LogP contribution in [0.2, 0.25) is 0 Å². The van der Waals surface area contributed by atoms with Gasteiger partial charge in [-0.1, -0.05) is 19.8 Å². The van der Waals surface area contributed by atoms with Crippen molar-refractivity contribution in [3.8, 4) is 0 Å². The minimum Gasteiger partial charge on any atom is -0.396 e. The van der Waals surface area contributed by atoms with E-state index in [0.717, 1.165) is 31.7 Å². The molecular formula is C13H19FN2O2S. The molecule has 1 aliphatic carbocycles. The molecule has 1 aromatic rings. The smallest absolute Gasteiger partial charge is 0.243 e. The maximum absolute atomic E-state index is 13.4. The van der Waals surface area contributed by atoms with E-state index in [1.807, 2.05) is 6.92 Å². The van der Waals surface area contributed by atoms with Crippen molar-refractivity contribution in [3.05, 3.63) is 24.0 Å². The Morgan fingerprint density at radius 1 is 1.37 bits per heavy atom. The van der Waals surface area contributed by atoms with Gasteiger partial charge in [-0.15, -0.1) is 0 Å². The zero-order chi connectivity index (χ0) is 14.0. The van der Waals surface area contributed by atoms with Crippen molar-refractivity contribution in [1.82, 2.24) is 4.31 Å². The fourth-order valence-corrected chi connectivity index (χ4v) is 4.33. The fourth-order valence-electron chi connectivity index (χ4n) is 2.62. The Balaban J connectivity index is 2.36. The van der Waals surface area contributed by atoms with E-state index in [0.29, 0.717) is 6.54 Å². The number of nitrogens with zero attached hydrogens (tertiary/aromatic N) is 1. The molecule has 1 fully saturated rings. The molecule has 1 aliphatic rings. The molecule has 0 amide bonds. The first-order valence-corrected chi connectivity index (χ1v) is 7.97. The number of nitrogen functional groups attached to an aromatic ring is 1. The second-order valence-electron chi connectivity index (χ2n) is 4.83. The van der Waals surface area contributed by atoms with Crippen LogP contribution in [0.3, 0.4) is 0 Å². The van der Waals surface area contributed by atoms with Gasteiger partial charge in [0.05, 0.1) is 10.6 Å². The van der Waals surface area contributed by atoms with E-state index in [9.17, 15) is 12.8 Å². The Morgan fingerprint density at radius 2 is 2.00 bits per heavy atom. The average Bonchev–Trinajstić information content (AvgIpc) is 2.86. The Hall–Kier alpha value is -1.14. The number of hydrogen-bond acceptors (Lipinski definition) is 3. The monoisotopic (exact) mass is 286 g/mol. The summed E-state index contributed by atoms with van der Waals surface area (Å²) in [7, 11) is -3.64. The van der Waals surface area contributed by atoms with E-state index in [1.165, 1.54) is 16.4 Å². The predicted octanol–water partition coefficient (Wildman–Crippen LogP) is 2.36. The highest BCUT2D eigenvalue weighted by Gasteiger charge is 2.32. The fraction of sp³-hybridized carbons (Fsp3) is 0.538. The van der Waals surface area contributed by atoms with Crippen molar-refractivity contribution in [3.63, 3.8) is 0 Å². The first-order chi connectivity index (χ1) is 8.96. The molecule has 0 spiro atoms. The van der Waals surface area contributed by atoms with E-state index < -0.39 is 15.8 Å². The summed E-state index contributed by atoms with van der Waals surface area (Å²) < 4.78 is 40.0. The third kappa shape index (κ3) is 2.74. The Bertz CT molecular complexity index is 554. The number of nitrogens with two attached hydrogens (primary N) is 1. The van der Waals surface area contributed by atoms with E-state index in [4.69, 9.17) is 5.73 Å². The van der Waals surface area contributed by atoms with Crippen LogP contribution in [-0.2, 0) is 10.0 Å². The van der Waals surface area contributed by atoms with Crippen LogP contribution in [-0.4, -0.2) is 25.3 Å². The van der Waals surface area contributed by atoms with Crippen molar-refractivity contribution in [1.29, 1.82) is 0 Å². The van der Waals surface area contributed by atoms with Gasteiger partial charge in [0.1, 0.15) is 5.82 Å². The third-order valence-electron chi connectivity index (χ3n) is 3.62. The lowest BCUT2D eigenvalue weighted by molar-refractivity contribution is 0.335. The molecule has 0 unspecified atom stereocenters. The molecule has 0 bridgehead atoms. The van der Waals surface area contributed by atoms with Crippen LogP contribution in [0, 0.1) is 5.82 Å². The van der Waals surface area contributed by atoms with Crippen molar-refractivity contribution >= 4 is 15.7 Å². The standard InChI is InChI=1S/C13H19FN2O2S/c1-2-16(10-5-3-4-6-10)19(17,18)11-7-8-13(15)12(14)9-11/h7-10H,2-6,15H2,1H3. The normalized spacial score (nSPS) is 17.2. The van der Waals surface area contributed by atoms with Gasteiger partial charge in [-0.3, -0.25) is 0 Å². The van der Waals surface area contributed by atoms with Gasteiger partial charge >= 0.3 is 0 Å². The predicted molar refractivity (Wildman–Crippen MR) is 72.6 cm³/mol. The SMILES string of the molecule is CCN(C1CCCC1)S(=O)(=O)c1ccc(N)c(F)c1. The van der Waals surface area contributed by atoms with Gasteiger partial charge in [0.2, 0.25) is 10.0 Å². The number of benzene rings is 1. The molecule has 2 rings (SSSR count). The molecule has 4 nitrogen and oxygen atoms in total. The summed E-state index contributed by atoms with van der Waals surface area (Å²) in [5.74, 6) is -0.691. The average molecular weight is 286 g/mol. The molecule has 19 heavy (non-hydrogen) atoms. The highest BCUT2D eigenvalue weighted by atomic mass is 32.2. The van der Waals surface area contributed by atoms with E-state index >= 15 is 0 Å². The molecule has 106 valence electrons. The minimum atomic E-state index is -3.64. The van der Waals surface area contributed by atoms with Gasteiger partial charge in [0, 0.05) is 12.6 Å².